The van der Waals surface area contributed by atoms with Crippen LogP contribution in [0.1, 0.15) is 32.6 Å². The summed E-state index contributed by atoms with van der Waals surface area (Å²) in [5, 5.41) is 3.76. The number of thioether (sulfide) groups is 1. The number of amides is 1. The van der Waals surface area contributed by atoms with E-state index in [2.05, 4.69) is 5.32 Å². The Balaban J connectivity index is 0.00000162. The first kappa shape index (κ1) is 16.1. The summed E-state index contributed by atoms with van der Waals surface area (Å²) >= 11 is 1.64. The third-order valence-electron chi connectivity index (χ3n) is 3.90. The fourth-order valence-corrected chi connectivity index (χ4v) is 2.67. The summed E-state index contributed by atoms with van der Waals surface area (Å²) in [6.07, 6.45) is 7.08. The molecule has 1 N–H and O–H groups in total. The lowest BCUT2D eigenvalue weighted by Gasteiger charge is -2.33. The largest absolute Gasteiger partial charge is 0.342 e. The molecule has 1 heterocycles. The van der Waals surface area contributed by atoms with E-state index in [0.717, 1.165) is 31.8 Å². The van der Waals surface area contributed by atoms with Gasteiger partial charge in [0.25, 0.3) is 0 Å². The monoisotopic (exact) mass is 292 g/mol. The van der Waals surface area contributed by atoms with E-state index in [1.807, 2.05) is 18.1 Å². The first-order chi connectivity index (χ1) is 8.20. The Morgan fingerprint density at radius 1 is 1.33 bits per heavy atom. The van der Waals surface area contributed by atoms with Crippen molar-refractivity contribution in [3.8, 4) is 0 Å². The van der Waals surface area contributed by atoms with Gasteiger partial charge in [-0.05, 0) is 51.3 Å². The Morgan fingerprint density at radius 2 is 1.94 bits per heavy atom. The zero-order valence-corrected chi connectivity index (χ0v) is 13.0. The molecule has 1 saturated heterocycles. The number of halogens is 1. The highest BCUT2D eigenvalue weighted by atomic mass is 35.5. The van der Waals surface area contributed by atoms with E-state index in [4.69, 9.17) is 0 Å². The van der Waals surface area contributed by atoms with Crippen molar-refractivity contribution in [3.05, 3.63) is 0 Å². The fourth-order valence-electron chi connectivity index (χ4n) is 2.32. The molecule has 0 aromatic rings. The summed E-state index contributed by atoms with van der Waals surface area (Å²) in [5.74, 6) is 1.27. The van der Waals surface area contributed by atoms with Crippen LogP contribution in [-0.4, -0.2) is 48.0 Å². The van der Waals surface area contributed by atoms with E-state index in [9.17, 15) is 4.79 Å². The van der Waals surface area contributed by atoms with Gasteiger partial charge in [-0.25, -0.2) is 0 Å². The van der Waals surface area contributed by atoms with Gasteiger partial charge in [-0.2, -0.15) is 11.8 Å². The third-order valence-corrected chi connectivity index (χ3v) is 4.81. The molecule has 0 radical (unpaired) electrons. The van der Waals surface area contributed by atoms with Crippen LogP contribution in [0.3, 0.4) is 0 Å². The van der Waals surface area contributed by atoms with Crippen LogP contribution in [-0.2, 0) is 4.79 Å². The molecule has 106 valence electrons. The molecule has 1 amide bonds. The van der Waals surface area contributed by atoms with Crippen molar-refractivity contribution in [2.24, 2.45) is 5.92 Å². The molecule has 2 aliphatic rings. The van der Waals surface area contributed by atoms with Crippen LogP contribution in [0, 0.1) is 5.92 Å². The SMILES string of the molecule is CSC(C)C(=O)N1CCC(NCC2CC2)CC1.Cl. The second kappa shape index (κ2) is 7.61. The molecule has 1 saturated carbocycles. The van der Waals surface area contributed by atoms with E-state index >= 15 is 0 Å². The smallest absolute Gasteiger partial charge is 0.235 e. The molecule has 1 aliphatic heterocycles. The summed E-state index contributed by atoms with van der Waals surface area (Å²) in [6, 6.07) is 0.643. The van der Waals surface area contributed by atoms with Gasteiger partial charge in [0.05, 0.1) is 5.25 Å². The van der Waals surface area contributed by atoms with Gasteiger partial charge in [0, 0.05) is 19.1 Å². The maximum absolute atomic E-state index is 12.0. The van der Waals surface area contributed by atoms with Crippen molar-refractivity contribution in [2.75, 3.05) is 25.9 Å². The number of nitrogens with one attached hydrogen (secondary N) is 1. The zero-order chi connectivity index (χ0) is 12.3. The van der Waals surface area contributed by atoms with Crippen LogP contribution < -0.4 is 5.32 Å². The number of likely N-dealkylation sites (tertiary alicyclic amines) is 1. The second-order valence-corrected chi connectivity index (χ2v) is 6.51. The van der Waals surface area contributed by atoms with Gasteiger partial charge in [0.15, 0.2) is 0 Å². The van der Waals surface area contributed by atoms with E-state index in [1.54, 1.807) is 11.8 Å². The molecule has 18 heavy (non-hydrogen) atoms. The van der Waals surface area contributed by atoms with Crippen LogP contribution in [0.5, 0.6) is 0 Å². The van der Waals surface area contributed by atoms with Crippen molar-refractivity contribution in [2.45, 2.75) is 43.9 Å². The summed E-state index contributed by atoms with van der Waals surface area (Å²) < 4.78 is 0. The minimum Gasteiger partial charge on any atom is -0.342 e. The summed E-state index contributed by atoms with van der Waals surface area (Å²) in [6.45, 7) is 5.07. The minimum atomic E-state index is 0. The summed E-state index contributed by atoms with van der Waals surface area (Å²) in [7, 11) is 0. The van der Waals surface area contributed by atoms with Gasteiger partial charge >= 0.3 is 0 Å². The molecule has 0 spiro atoms. The van der Waals surface area contributed by atoms with Crippen molar-refractivity contribution in [1.29, 1.82) is 0 Å². The molecule has 3 nitrogen and oxygen atoms in total. The molecule has 0 aromatic carbocycles. The lowest BCUT2D eigenvalue weighted by Crippen LogP contribution is -2.47. The standard InChI is InChI=1S/C13H24N2OS.ClH/c1-10(17-2)13(16)15-7-5-12(6-8-15)14-9-11-3-4-11;/h10-12,14H,3-9H2,1-2H3;1H. The number of carbonyl (C=O) groups is 1. The average Bonchev–Trinajstić information content (AvgIpc) is 3.19. The van der Waals surface area contributed by atoms with Crippen molar-refractivity contribution >= 4 is 30.1 Å². The summed E-state index contributed by atoms with van der Waals surface area (Å²) in [4.78, 5) is 14.0. The molecule has 2 rings (SSSR count). The van der Waals surface area contributed by atoms with Gasteiger partial charge in [0.2, 0.25) is 5.91 Å². The summed E-state index contributed by atoms with van der Waals surface area (Å²) in [5.41, 5.74) is 0. The molecule has 1 unspecified atom stereocenters. The molecule has 5 heteroatoms. The highest BCUT2D eigenvalue weighted by Crippen LogP contribution is 2.28. The zero-order valence-electron chi connectivity index (χ0n) is 11.4. The van der Waals surface area contributed by atoms with Crippen LogP contribution in [0.15, 0.2) is 0 Å². The number of nitrogens with zero attached hydrogens (tertiary/aromatic N) is 1. The number of rotatable bonds is 5. The molecule has 1 aliphatic carbocycles. The average molecular weight is 293 g/mol. The quantitative estimate of drug-likeness (QED) is 0.843. The lowest BCUT2D eigenvalue weighted by molar-refractivity contribution is -0.131. The van der Waals surface area contributed by atoms with Crippen LogP contribution >= 0.6 is 24.2 Å². The van der Waals surface area contributed by atoms with Gasteiger partial charge in [-0.3, -0.25) is 4.79 Å². The molecule has 0 bridgehead atoms. The van der Waals surface area contributed by atoms with E-state index in [-0.39, 0.29) is 17.7 Å². The Kier molecular flexibility index (Phi) is 6.82. The third kappa shape index (κ3) is 4.63. The van der Waals surface area contributed by atoms with E-state index in [1.165, 1.54) is 19.4 Å². The maximum atomic E-state index is 12.0. The molecular weight excluding hydrogens is 268 g/mol. The molecular formula is C13H25ClN2OS. The van der Waals surface area contributed by atoms with Crippen LogP contribution in [0.4, 0.5) is 0 Å². The number of hydrogen-bond donors (Lipinski definition) is 1. The molecule has 0 aromatic heterocycles. The van der Waals surface area contributed by atoms with Crippen molar-refractivity contribution in [3.63, 3.8) is 0 Å². The molecule has 2 fully saturated rings. The van der Waals surface area contributed by atoms with Crippen molar-refractivity contribution in [1.82, 2.24) is 10.2 Å². The highest BCUT2D eigenvalue weighted by Gasteiger charge is 2.27. The Labute approximate surface area is 121 Å². The van der Waals surface area contributed by atoms with Gasteiger partial charge in [0.1, 0.15) is 0 Å². The first-order valence-electron chi connectivity index (χ1n) is 6.75. The lowest BCUT2D eigenvalue weighted by atomic mass is 10.0. The highest BCUT2D eigenvalue weighted by molar-refractivity contribution is 7.99. The fraction of sp³-hybridized carbons (Fsp3) is 0.923. The van der Waals surface area contributed by atoms with Gasteiger partial charge in [-0.15, -0.1) is 12.4 Å². The van der Waals surface area contributed by atoms with Crippen LogP contribution in [0.25, 0.3) is 0 Å². The van der Waals surface area contributed by atoms with Crippen LogP contribution in [0.2, 0.25) is 0 Å². The number of hydrogen-bond acceptors (Lipinski definition) is 3. The Bertz CT molecular complexity index is 266. The normalized spacial score (nSPS) is 22.4. The van der Waals surface area contributed by atoms with E-state index in [0.29, 0.717) is 11.9 Å². The number of piperidine rings is 1. The Hall–Kier alpha value is 0.0700. The topological polar surface area (TPSA) is 32.3 Å². The predicted molar refractivity (Wildman–Crippen MR) is 80.6 cm³/mol. The number of carbonyl (C=O) groups excluding carboxylic acids is 1. The predicted octanol–water partition coefficient (Wildman–Crippen LogP) is 2.15. The van der Waals surface area contributed by atoms with E-state index < -0.39 is 0 Å². The maximum Gasteiger partial charge on any atom is 0.235 e. The minimum absolute atomic E-state index is 0. The van der Waals surface area contributed by atoms with Gasteiger partial charge < -0.3 is 10.2 Å². The Morgan fingerprint density at radius 3 is 2.44 bits per heavy atom. The second-order valence-electron chi connectivity index (χ2n) is 5.33. The first-order valence-corrected chi connectivity index (χ1v) is 8.04. The molecule has 1 atom stereocenters. The van der Waals surface area contributed by atoms with Crippen molar-refractivity contribution < 1.29 is 4.79 Å². The van der Waals surface area contributed by atoms with Gasteiger partial charge in [-0.1, -0.05) is 0 Å².